The average molecular weight is 302 g/mol. The molecular formula is C15H11F5O. The van der Waals surface area contributed by atoms with Crippen LogP contribution in [0.5, 0.6) is 0 Å². The molecule has 2 aromatic carbocycles. The first-order valence-corrected chi connectivity index (χ1v) is 6.02. The van der Waals surface area contributed by atoms with Crippen molar-refractivity contribution >= 4 is 0 Å². The summed E-state index contributed by atoms with van der Waals surface area (Å²) in [6.45, 7) is 0. The lowest BCUT2D eigenvalue weighted by atomic mass is 9.98. The topological polar surface area (TPSA) is 20.2 Å². The number of benzene rings is 2. The van der Waals surface area contributed by atoms with Gasteiger partial charge in [0.2, 0.25) is 0 Å². The second-order valence-corrected chi connectivity index (χ2v) is 4.50. The maximum Gasteiger partial charge on any atom is 0.416 e. The molecule has 0 fully saturated rings. The smallest absolute Gasteiger partial charge is 0.384 e. The van der Waals surface area contributed by atoms with Crippen LogP contribution in [0.3, 0.4) is 0 Å². The standard InChI is InChI=1S/C15H11F5O/c16-14(17)11-5-1-3-9(7-11)13(21)10-4-2-6-12(8-10)15(18,19)20/h1-8,13-14,21H. The second-order valence-electron chi connectivity index (χ2n) is 4.50. The Morgan fingerprint density at radius 2 is 1.33 bits per heavy atom. The maximum atomic E-state index is 12.6. The molecule has 0 saturated carbocycles. The van der Waals surface area contributed by atoms with Crippen LogP contribution in [0.25, 0.3) is 0 Å². The van der Waals surface area contributed by atoms with E-state index in [1.165, 1.54) is 30.3 Å². The first-order valence-electron chi connectivity index (χ1n) is 6.02. The molecule has 0 heterocycles. The lowest BCUT2D eigenvalue weighted by molar-refractivity contribution is -0.137. The molecule has 21 heavy (non-hydrogen) atoms. The molecule has 0 saturated heterocycles. The van der Waals surface area contributed by atoms with Gasteiger partial charge in [0.1, 0.15) is 6.10 Å². The Morgan fingerprint density at radius 3 is 1.90 bits per heavy atom. The minimum atomic E-state index is -4.53. The number of alkyl halides is 5. The van der Waals surface area contributed by atoms with Crippen molar-refractivity contribution in [1.82, 2.24) is 0 Å². The summed E-state index contributed by atoms with van der Waals surface area (Å²) in [6.07, 6.45) is -8.63. The normalized spacial score (nSPS) is 13.5. The van der Waals surface area contributed by atoms with Gasteiger partial charge in [-0.3, -0.25) is 0 Å². The van der Waals surface area contributed by atoms with Crippen molar-refractivity contribution in [2.75, 3.05) is 0 Å². The van der Waals surface area contributed by atoms with E-state index in [4.69, 9.17) is 0 Å². The van der Waals surface area contributed by atoms with Crippen LogP contribution >= 0.6 is 0 Å². The van der Waals surface area contributed by atoms with Gasteiger partial charge < -0.3 is 5.11 Å². The Bertz CT molecular complexity index is 621. The van der Waals surface area contributed by atoms with Crippen molar-refractivity contribution in [2.45, 2.75) is 18.7 Å². The van der Waals surface area contributed by atoms with Gasteiger partial charge in [-0.05, 0) is 29.3 Å². The monoisotopic (exact) mass is 302 g/mol. The highest BCUT2D eigenvalue weighted by Gasteiger charge is 2.31. The lowest BCUT2D eigenvalue weighted by Crippen LogP contribution is -2.07. The number of hydrogen-bond acceptors (Lipinski definition) is 1. The Hall–Kier alpha value is -1.95. The number of aliphatic hydroxyl groups excluding tert-OH is 1. The van der Waals surface area contributed by atoms with Crippen LogP contribution in [0, 0.1) is 0 Å². The van der Waals surface area contributed by atoms with E-state index in [1.54, 1.807) is 0 Å². The minimum Gasteiger partial charge on any atom is -0.384 e. The number of hydrogen-bond donors (Lipinski definition) is 1. The maximum absolute atomic E-state index is 12.6. The molecule has 0 aromatic heterocycles. The molecule has 0 aliphatic heterocycles. The van der Waals surface area contributed by atoms with Crippen LogP contribution in [0.4, 0.5) is 22.0 Å². The summed E-state index contributed by atoms with van der Waals surface area (Å²) in [5.41, 5.74) is -1.08. The highest BCUT2D eigenvalue weighted by atomic mass is 19.4. The van der Waals surface area contributed by atoms with Gasteiger partial charge in [-0.1, -0.05) is 30.3 Å². The Morgan fingerprint density at radius 1 is 0.810 bits per heavy atom. The minimum absolute atomic E-state index is 0.00348. The van der Waals surface area contributed by atoms with E-state index in [-0.39, 0.29) is 16.7 Å². The van der Waals surface area contributed by atoms with E-state index in [9.17, 15) is 27.1 Å². The highest BCUT2D eigenvalue weighted by Crippen LogP contribution is 2.32. The van der Waals surface area contributed by atoms with Gasteiger partial charge >= 0.3 is 6.18 Å². The summed E-state index contributed by atoms with van der Waals surface area (Å²) in [5.74, 6) is 0. The molecule has 0 bridgehead atoms. The molecular weight excluding hydrogens is 291 g/mol. The predicted molar refractivity (Wildman–Crippen MR) is 66.9 cm³/mol. The third-order valence-corrected chi connectivity index (χ3v) is 3.01. The summed E-state index contributed by atoms with van der Waals surface area (Å²) in [4.78, 5) is 0. The van der Waals surface area contributed by atoms with E-state index < -0.39 is 24.3 Å². The van der Waals surface area contributed by atoms with E-state index in [1.807, 2.05) is 0 Å². The zero-order valence-corrected chi connectivity index (χ0v) is 10.6. The van der Waals surface area contributed by atoms with Crippen molar-refractivity contribution in [1.29, 1.82) is 0 Å². The molecule has 0 aliphatic rings. The Balaban J connectivity index is 2.36. The molecule has 1 nitrogen and oxygen atoms in total. The molecule has 0 amide bonds. The first kappa shape index (κ1) is 15.4. The van der Waals surface area contributed by atoms with E-state index in [0.717, 1.165) is 18.2 Å². The quantitative estimate of drug-likeness (QED) is 0.813. The third-order valence-electron chi connectivity index (χ3n) is 3.01. The van der Waals surface area contributed by atoms with Crippen LogP contribution in [0.1, 0.15) is 34.8 Å². The van der Waals surface area contributed by atoms with Crippen LogP contribution in [-0.4, -0.2) is 5.11 Å². The van der Waals surface area contributed by atoms with Gasteiger partial charge in [-0.15, -0.1) is 0 Å². The first-order chi connectivity index (χ1) is 9.79. The molecule has 0 radical (unpaired) electrons. The molecule has 1 unspecified atom stereocenters. The summed E-state index contributed by atoms with van der Waals surface area (Å²) >= 11 is 0. The van der Waals surface area contributed by atoms with Gasteiger partial charge in [0, 0.05) is 5.56 Å². The van der Waals surface area contributed by atoms with E-state index in [2.05, 4.69) is 0 Å². The zero-order valence-electron chi connectivity index (χ0n) is 10.6. The van der Waals surface area contributed by atoms with Crippen molar-refractivity contribution in [3.05, 3.63) is 70.8 Å². The highest BCUT2D eigenvalue weighted by molar-refractivity contribution is 5.35. The van der Waals surface area contributed by atoms with Crippen LogP contribution < -0.4 is 0 Å². The van der Waals surface area contributed by atoms with Crippen molar-refractivity contribution in [3.63, 3.8) is 0 Å². The SMILES string of the molecule is OC(c1cccc(C(F)F)c1)c1cccc(C(F)(F)F)c1. The summed E-state index contributed by atoms with van der Waals surface area (Å²) in [7, 11) is 0. The molecule has 1 atom stereocenters. The largest absolute Gasteiger partial charge is 0.416 e. The lowest BCUT2D eigenvalue weighted by Gasteiger charge is -2.15. The third kappa shape index (κ3) is 3.58. The Kier molecular flexibility index (Phi) is 4.27. The fraction of sp³-hybridized carbons (Fsp3) is 0.200. The van der Waals surface area contributed by atoms with Crippen LogP contribution in [0.2, 0.25) is 0 Å². The molecule has 2 aromatic rings. The van der Waals surface area contributed by atoms with E-state index in [0.29, 0.717) is 0 Å². The molecule has 0 aliphatic carbocycles. The summed E-state index contributed by atoms with van der Waals surface area (Å²) in [6, 6.07) is 9.14. The van der Waals surface area contributed by atoms with Gasteiger partial charge in [0.25, 0.3) is 6.43 Å². The summed E-state index contributed by atoms with van der Waals surface area (Å²) < 4.78 is 63.1. The van der Waals surface area contributed by atoms with Gasteiger partial charge in [0.05, 0.1) is 5.56 Å². The Labute approximate surface area is 117 Å². The van der Waals surface area contributed by atoms with Crippen molar-refractivity contribution in [2.24, 2.45) is 0 Å². The molecule has 6 heteroatoms. The van der Waals surface area contributed by atoms with Crippen molar-refractivity contribution < 1.29 is 27.1 Å². The van der Waals surface area contributed by atoms with Gasteiger partial charge in [0.15, 0.2) is 0 Å². The van der Waals surface area contributed by atoms with Crippen LogP contribution in [0.15, 0.2) is 48.5 Å². The van der Waals surface area contributed by atoms with Crippen molar-refractivity contribution in [3.8, 4) is 0 Å². The fourth-order valence-electron chi connectivity index (χ4n) is 1.94. The molecule has 0 spiro atoms. The number of halogens is 5. The zero-order chi connectivity index (χ0) is 15.6. The predicted octanol–water partition coefficient (Wildman–Crippen LogP) is 4.72. The number of rotatable bonds is 3. The van der Waals surface area contributed by atoms with Gasteiger partial charge in [-0.2, -0.15) is 13.2 Å². The van der Waals surface area contributed by atoms with Crippen LogP contribution in [-0.2, 0) is 6.18 Å². The second kappa shape index (κ2) is 5.81. The van der Waals surface area contributed by atoms with Gasteiger partial charge in [-0.25, -0.2) is 8.78 Å². The number of aliphatic hydroxyl groups is 1. The molecule has 1 N–H and O–H groups in total. The summed E-state index contributed by atoms with van der Waals surface area (Å²) in [5, 5.41) is 10.1. The average Bonchev–Trinajstić information content (AvgIpc) is 2.46. The molecule has 2 rings (SSSR count). The molecule has 112 valence electrons. The fourth-order valence-corrected chi connectivity index (χ4v) is 1.94. The van der Waals surface area contributed by atoms with E-state index >= 15 is 0 Å².